The maximum atomic E-state index is 6.27. The number of rotatable bonds is 6. The summed E-state index contributed by atoms with van der Waals surface area (Å²) >= 11 is 0. The monoisotopic (exact) mass is 304 g/mol. The number of ether oxygens (including phenoxy) is 1. The largest absolute Gasteiger partial charge is 0.520 e. The van der Waals surface area contributed by atoms with Crippen molar-refractivity contribution in [2.75, 3.05) is 7.11 Å². The van der Waals surface area contributed by atoms with E-state index in [4.69, 9.17) is 13.6 Å². The Balaban J connectivity index is 4.79. The van der Waals surface area contributed by atoms with Crippen LogP contribution < -0.4 is 0 Å². The summed E-state index contributed by atoms with van der Waals surface area (Å²) in [6, 6.07) is 0. The lowest BCUT2D eigenvalue weighted by Crippen LogP contribution is -2.43. The number of hydrogen-bond acceptors (Lipinski definition) is 3. The molecule has 0 amide bonds. The van der Waals surface area contributed by atoms with Crippen LogP contribution in [0.1, 0.15) is 27.7 Å². The molecule has 0 aromatic carbocycles. The Kier molecular flexibility index (Phi) is 6.37. The van der Waals surface area contributed by atoms with Gasteiger partial charge >= 0.3 is 0 Å². The van der Waals surface area contributed by atoms with Gasteiger partial charge in [-0.1, -0.05) is 20.8 Å². The zero-order valence-corrected chi connectivity index (χ0v) is 16.4. The van der Waals surface area contributed by atoms with Crippen molar-refractivity contribution in [3.05, 3.63) is 12.0 Å². The summed E-state index contributed by atoms with van der Waals surface area (Å²) in [5, 5.41) is 0.210. The minimum Gasteiger partial charge on any atom is -0.520 e. The highest BCUT2D eigenvalue weighted by Gasteiger charge is 2.38. The van der Waals surface area contributed by atoms with Crippen LogP contribution in [0.4, 0.5) is 0 Å². The second-order valence-electron chi connectivity index (χ2n) is 7.49. The van der Waals surface area contributed by atoms with Crippen LogP contribution in [0.15, 0.2) is 12.0 Å². The van der Waals surface area contributed by atoms with E-state index in [9.17, 15) is 0 Å². The second kappa shape index (κ2) is 6.46. The van der Waals surface area contributed by atoms with Gasteiger partial charge in [0.25, 0.3) is 5.95 Å². The van der Waals surface area contributed by atoms with E-state index in [1.807, 2.05) is 13.0 Å². The van der Waals surface area contributed by atoms with E-state index in [0.29, 0.717) is 5.95 Å². The van der Waals surface area contributed by atoms with E-state index in [1.165, 1.54) is 0 Å². The van der Waals surface area contributed by atoms with Crippen LogP contribution in [0.3, 0.4) is 0 Å². The van der Waals surface area contributed by atoms with E-state index in [0.717, 1.165) is 0 Å². The lowest BCUT2D eigenvalue weighted by atomic mass is 10.2. The maximum absolute atomic E-state index is 6.27. The predicted molar refractivity (Wildman–Crippen MR) is 87.3 cm³/mol. The Morgan fingerprint density at radius 1 is 1.05 bits per heavy atom. The highest BCUT2D eigenvalue weighted by Crippen LogP contribution is 2.37. The summed E-state index contributed by atoms with van der Waals surface area (Å²) in [7, 11) is -1.75. The average molecular weight is 305 g/mol. The highest BCUT2D eigenvalue weighted by atomic mass is 28.4. The molecule has 0 aromatic heterocycles. The third-order valence-corrected chi connectivity index (χ3v) is 8.65. The fraction of sp³-hybridized carbons (Fsp3) is 0.857. The molecule has 1 unspecified atom stereocenters. The van der Waals surface area contributed by atoms with Gasteiger partial charge in [0, 0.05) is 6.08 Å². The van der Waals surface area contributed by atoms with E-state index in [1.54, 1.807) is 7.11 Å². The smallest absolute Gasteiger partial charge is 0.263 e. The Morgan fingerprint density at radius 3 is 1.84 bits per heavy atom. The molecule has 1 atom stereocenters. The first-order valence-corrected chi connectivity index (χ1v) is 13.2. The first-order chi connectivity index (χ1) is 8.28. The van der Waals surface area contributed by atoms with Gasteiger partial charge in [-0.25, -0.2) is 0 Å². The molecule has 0 aliphatic rings. The van der Waals surface area contributed by atoms with Crippen molar-refractivity contribution in [1.82, 2.24) is 0 Å². The first-order valence-electron chi connectivity index (χ1n) is 6.91. The standard InChI is InChI=1S/C14H32O3Si2/c1-12(16-19(9,10)14(2,3)4)11-13(15-5)17-18(6,7)8/h11-12H,1-10H3/b13-11+. The molecule has 0 heterocycles. The SMILES string of the molecule is CO/C(=C\C(C)O[Si](C)(C)C(C)(C)C)O[Si](C)(C)C. The Hall–Kier alpha value is -0.266. The number of methoxy groups -OCH3 is 1. The fourth-order valence-corrected chi connectivity index (χ4v) is 3.42. The first kappa shape index (κ1) is 18.7. The molecule has 5 heteroatoms. The van der Waals surface area contributed by atoms with Crippen LogP contribution in [0, 0.1) is 0 Å². The topological polar surface area (TPSA) is 27.7 Å². The molecule has 0 aromatic rings. The van der Waals surface area contributed by atoms with Crippen LogP contribution in [0.25, 0.3) is 0 Å². The third kappa shape index (κ3) is 7.18. The van der Waals surface area contributed by atoms with Gasteiger partial charge < -0.3 is 13.6 Å². The van der Waals surface area contributed by atoms with Crippen LogP contribution in [-0.2, 0) is 13.6 Å². The Morgan fingerprint density at radius 2 is 1.53 bits per heavy atom. The van der Waals surface area contributed by atoms with E-state index in [-0.39, 0.29) is 11.1 Å². The summed E-state index contributed by atoms with van der Waals surface area (Å²) in [6.07, 6.45) is 1.95. The van der Waals surface area contributed by atoms with Crippen LogP contribution in [-0.4, -0.2) is 29.8 Å². The average Bonchev–Trinajstić information content (AvgIpc) is 2.11. The molecule has 0 aliphatic heterocycles. The van der Waals surface area contributed by atoms with Crippen molar-refractivity contribution in [2.45, 2.75) is 71.6 Å². The van der Waals surface area contributed by atoms with Gasteiger partial charge in [-0.2, -0.15) is 0 Å². The minimum atomic E-state index is -1.75. The molecule has 0 rings (SSSR count). The molecular formula is C14H32O3Si2. The second-order valence-corrected chi connectivity index (χ2v) is 16.7. The highest BCUT2D eigenvalue weighted by molar-refractivity contribution is 6.74. The lowest BCUT2D eigenvalue weighted by Gasteiger charge is -2.38. The van der Waals surface area contributed by atoms with Crippen LogP contribution in [0.5, 0.6) is 0 Å². The molecule has 0 bridgehead atoms. The van der Waals surface area contributed by atoms with Gasteiger partial charge in [-0.05, 0) is 44.7 Å². The molecule has 0 saturated carbocycles. The molecule has 0 spiro atoms. The van der Waals surface area contributed by atoms with E-state index in [2.05, 4.69) is 53.5 Å². The minimum absolute atomic E-state index is 0.00666. The predicted octanol–water partition coefficient (Wildman–Crippen LogP) is 4.74. The van der Waals surface area contributed by atoms with Crippen molar-refractivity contribution in [2.24, 2.45) is 0 Å². The van der Waals surface area contributed by atoms with Crippen LogP contribution >= 0.6 is 0 Å². The lowest BCUT2D eigenvalue weighted by molar-refractivity contribution is 0.135. The van der Waals surface area contributed by atoms with Gasteiger partial charge in [0.15, 0.2) is 8.32 Å². The van der Waals surface area contributed by atoms with Crippen molar-refractivity contribution < 1.29 is 13.6 Å². The van der Waals surface area contributed by atoms with E-state index >= 15 is 0 Å². The summed E-state index contributed by atoms with van der Waals surface area (Å²) in [5.74, 6) is 0.588. The van der Waals surface area contributed by atoms with Crippen molar-refractivity contribution >= 4 is 16.6 Å². The van der Waals surface area contributed by atoms with Crippen molar-refractivity contribution in [3.63, 3.8) is 0 Å². The number of hydrogen-bond donors (Lipinski definition) is 0. The molecule has 0 N–H and O–H groups in total. The normalized spacial score (nSPS) is 16.2. The Labute approximate surface area is 121 Å². The van der Waals surface area contributed by atoms with Gasteiger partial charge in [0.05, 0.1) is 13.2 Å². The van der Waals surface area contributed by atoms with Crippen molar-refractivity contribution in [3.8, 4) is 0 Å². The molecule has 0 fully saturated rings. The molecule has 19 heavy (non-hydrogen) atoms. The Bertz CT molecular complexity index is 312. The summed E-state index contributed by atoms with van der Waals surface area (Å²) < 4.78 is 17.4. The summed E-state index contributed by atoms with van der Waals surface area (Å²) in [6.45, 7) is 19.7. The molecule has 3 nitrogen and oxygen atoms in total. The van der Waals surface area contributed by atoms with Gasteiger partial charge in [-0.15, -0.1) is 0 Å². The van der Waals surface area contributed by atoms with Crippen LogP contribution in [0.2, 0.25) is 37.8 Å². The van der Waals surface area contributed by atoms with Gasteiger partial charge in [-0.3, -0.25) is 0 Å². The van der Waals surface area contributed by atoms with Gasteiger partial charge in [0.1, 0.15) is 0 Å². The quantitative estimate of drug-likeness (QED) is 0.524. The van der Waals surface area contributed by atoms with E-state index < -0.39 is 16.6 Å². The molecule has 114 valence electrons. The maximum Gasteiger partial charge on any atom is 0.263 e. The third-order valence-electron chi connectivity index (χ3n) is 3.27. The fourth-order valence-electron chi connectivity index (χ4n) is 1.31. The summed E-state index contributed by atoms with van der Waals surface area (Å²) in [5.41, 5.74) is 0. The zero-order chi connectivity index (χ0) is 15.5. The van der Waals surface area contributed by atoms with Gasteiger partial charge in [0.2, 0.25) is 8.32 Å². The molecular weight excluding hydrogens is 272 g/mol. The molecule has 0 radical (unpaired) electrons. The zero-order valence-electron chi connectivity index (χ0n) is 14.4. The van der Waals surface area contributed by atoms with Crippen molar-refractivity contribution in [1.29, 1.82) is 0 Å². The molecule has 0 saturated heterocycles. The summed E-state index contributed by atoms with van der Waals surface area (Å²) in [4.78, 5) is 0. The molecule has 0 aliphatic carbocycles.